The molecule has 0 saturated heterocycles. The zero-order valence-electron chi connectivity index (χ0n) is 16.1. The van der Waals surface area contributed by atoms with Crippen LogP contribution in [0.25, 0.3) is 11.6 Å². The summed E-state index contributed by atoms with van der Waals surface area (Å²) in [4.78, 5) is 15.8. The van der Waals surface area contributed by atoms with Gasteiger partial charge in [0, 0.05) is 29.6 Å². The lowest BCUT2D eigenvalue weighted by molar-refractivity contribution is -0.112. The Balaban J connectivity index is 1.77. The third-order valence-electron chi connectivity index (χ3n) is 4.36. The summed E-state index contributed by atoms with van der Waals surface area (Å²) < 4.78 is 34.1. The minimum absolute atomic E-state index is 0.137. The smallest absolute Gasteiger partial charge is 0.302 e. The highest BCUT2D eigenvalue weighted by Crippen LogP contribution is 2.25. The molecule has 2 N–H and O–H groups in total. The monoisotopic (exact) mass is 398 g/mol. The maximum absolute atomic E-state index is 13.6. The van der Waals surface area contributed by atoms with Crippen molar-refractivity contribution < 1.29 is 18.3 Å². The van der Waals surface area contributed by atoms with E-state index in [0.717, 1.165) is 5.56 Å². The van der Waals surface area contributed by atoms with Crippen LogP contribution in [0.3, 0.4) is 0 Å². The first kappa shape index (κ1) is 20.2. The highest BCUT2D eigenvalue weighted by molar-refractivity contribution is 6.19. The molecule has 6 nitrogen and oxygen atoms in total. The van der Waals surface area contributed by atoms with Gasteiger partial charge in [0.2, 0.25) is 11.8 Å². The van der Waals surface area contributed by atoms with Crippen molar-refractivity contribution in [3.05, 3.63) is 70.9 Å². The fraction of sp³-hybridized carbons (Fsp3) is 0.238. The van der Waals surface area contributed by atoms with E-state index in [4.69, 9.17) is 10.5 Å². The molecule has 0 fully saturated rings. The molecule has 8 heteroatoms. The summed E-state index contributed by atoms with van der Waals surface area (Å²) in [5.41, 5.74) is 11.0. The third kappa shape index (κ3) is 4.50. The van der Waals surface area contributed by atoms with E-state index in [-0.39, 0.29) is 11.5 Å². The van der Waals surface area contributed by atoms with Crippen molar-refractivity contribution in [2.45, 2.75) is 26.3 Å². The Morgan fingerprint density at radius 1 is 1.45 bits per heavy atom. The Hall–Kier alpha value is -3.51. The molecule has 2 aromatic heterocycles. The van der Waals surface area contributed by atoms with Gasteiger partial charge >= 0.3 is 5.92 Å². The topological polar surface area (TPSA) is 83.0 Å². The number of nitrogens with two attached hydrogens (primary N) is 1. The SMILES string of the molecule is C=C(C)C(F)(F)COc1ncc(Cn2cc3c(n2)C=C=CC=C3C(N)=O)cc1C. The maximum Gasteiger partial charge on any atom is 0.302 e. The number of alkyl halides is 2. The Bertz CT molecular complexity index is 1080. The van der Waals surface area contributed by atoms with Crippen LogP contribution in [0.4, 0.5) is 8.78 Å². The summed E-state index contributed by atoms with van der Waals surface area (Å²) in [5, 5.41) is 4.44. The third-order valence-corrected chi connectivity index (χ3v) is 4.36. The van der Waals surface area contributed by atoms with Gasteiger partial charge in [-0.05, 0) is 43.2 Å². The molecule has 0 radical (unpaired) electrons. The Morgan fingerprint density at radius 3 is 2.86 bits per heavy atom. The van der Waals surface area contributed by atoms with Crippen LogP contribution in [0.1, 0.15) is 29.3 Å². The number of allylic oxidation sites excluding steroid dienone is 2. The summed E-state index contributed by atoms with van der Waals surface area (Å²) in [5.74, 6) is -3.53. The van der Waals surface area contributed by atoms with Gasteiger partial charge in [0.1, 0.15) is 5.69 Å². The molecule has 1 amide bonds. The number of halogens is 2. The number of carbonyl (C=O) groups is 1. The lowest BCUT2D eigenvalue weighted by atomic mass is 10.1. The zero-order chi connectivity index (χ0) is 21.2. The van der Waals surface area contributed by atoms with Gasteiger partial charge in [0.25, 0.3) is 0 Å². The van der Waals surface area contributed by atoms with E-state index >= 15 is 0 Å². The van der Waals surface area contributed by atoms with Gasteiger partial charge in [0.05, 0.1) is 12.1 Å². The standard InChI is InChI=1S/C21H20F2N4O2/c1-13(2)21(22,23)12-29-20-14(3)8-15(9-25-20)10-27-11-17-16(19(24)28)6-4-5-7-18(17)26-27/h4,6-9,11H,1,10,12H2,2-3H3,(H2,24,28). The number of hydrogen-bond donors (Lipinski definition) is 1. The second-order valence-corrected chi connectivity index (χ2v) is 6.79. The summed E-state index contributed by atoms with van der Waals surface area (Å²) in [7, 11) is 0. The molecule has 0 unspecified atom stereocenters. The molecule has 150 valence electrons. The van der Waals surface area contributed by atoms with Crippen LogP contribution < -0.4 is 10.5 Å². The second-order valence-electron chi connectivity index (χ2n) is 6.79. The van der Waals surface area contributed by atoms with Gasteiger partial charge in [-0.15, -0.1) is 5.73 Å². The highest BCUT2D eigenvalue weighted by Gasteiger charge is 2.31. The Kier molecular flexibility index (Phi) is 5.48. The minimum Gasteiger partial charge on any atom is -0.471 e. The van der Waals surface area contributed by atoms with Crippen LogP contribution in [-0.2, 0) is 11.3 Å². The van der Waals surface area contributed by atoms with Crippen LogP contribution in [-0.4, -0.2) is 33.2 Å². The summed E-state index contributed by atoms with van der Waals surface area (Å²) in [6.45, 7) is 5.80. The molecule has 29 heavy (non-hydrogen) atoms. The number of primary amides is 1. The van der Waals surface area contributed by atoms with Crippen LogP contribution >= 0.6 is 0 Å². The van der Waals surface area contributed by atoms with Gasteiger partial charge in [-0.1, -0.05) is 6.58 Å². The summed E-state index contributed by atoms with van der Waals surface area (Å²) in [6, 6.07) is 1.79. The number of pyridine rings is 1. The predicted octanol–water partition coefficient (Wildman–Crippen LogP) is 3.28. The average molecular weight is 398 g/mol. The molecule has 1 aliphatic rings. The molecule has 2 heterocycles. The van der Waals surface area contributed by atoms with Crippen LogP contribution in [0.15, 0.2) is 48.5 Å². The van der Waals surface area contributed by atoms with Crippen molar-refractivity contribution in [3.63, 3.8) is 0 Å². The van der Waals surface area contributed by atoms with Crippen molar-refractivity contribution in [2.75, 3.05) is 6.61 Å². The van der Waals surface area contributed by atoms with Crippen LogP contribution in [0.2, 0.25) is 0 Å². The van der Waals surface area contributed by atoms with Crippen molar-refractivity contribution in [3.8, 4) is 5.88 Å². The highest BCUT2D eigenvalue weighted by atomic mass is 19.3. The van der Waals surface area contributed by atoms with E-state index in [0.29, 0.717) is 28.9 Å². The Labute approximate surface area is 166 Å². The first-order chi connectivity index (χ1) is 13.7. The van der Waals surface area contributed by atoms with Gasteiger partial charge < -0.3 is 10.5 Å². The zero-order valence-corrected chi connectivity index (χ0v) is 16.1. The number of nitrogens with zero attached hydrogens (tertiary/aromatic N) is 3. The number of hydrogen-bond acceptors (Lipinski definition) is 4. The van der Waals surface area contributed by atoms with E-state index < -0.39 is 18.4 Å². The molecule has 0 aliphatic heterocycles. The number of fused-ring (bicyclic) bond motifs is 1. The lowest BCUT2D eigenvalue weighted by Crippen LogP contribution is -2.27. The van der Waals surface area contributed by atoms with E-state index in [1.807, 2.05) is 0 Å². The van der Waals surface area contributed by atoms with E-state index in [9.17, 15) is 13.6 Å². The van der Waals surface area contributed by atoms with Crippen LogP contribution in [0.5, 0.6) is 5.88 Å². The van der Waals surface area contributed by atoms with Gasteiger partial charge in [-0.2, -0.15) is 13.9 Å². The fourth-order valence-electron chi connectivity index (χ4n) is 2.72. The van der Waals surface area contributed by atoms with Crippen molar-refractivity contribution in [1.29, 1.82) is 0 Å². The minimum atomic E-state index is -3.12. The average Bonchev–Trinajstić information content (AvgIpc) is 2.91. The molecule has 3 rings (SSSR count). The van der Waals surface area contributed by atoms with E-state index in [2.05, 4.69) is 22.4 Å². The number of carbonyl (C=O) groups excluding carboxylic acids is 1. The van der Waals surface area contributed by atoms with Crippen molar-refractivity contribution in [2.24, 2.45) is 5.73 Å². The first-order valence-electron chi connectivity index (χ1n) is 8.80. The van der Waals surface area contributed by atoms with Gasteiger partial charge in [0.15, 0.2) is 6.61 Å². The lowest BCUT2D eigenvalue weighted by Gasteiger charge is -2.17. The van der Waals surface area contributed by atoms with Crippen molar-refractivity contribution in [1.82, 2.24) is 14.8 Å². The quantitative estimate of drug-likeness (QED) is 0.573. The molecular formula is C21H20F2N4O2. The summed E-state index contributed by atoms with van der Waals surface area (Å²) in [6.07, 6.45) is 8.12. The Morgan fingerprint density at radius 2 is 2.21 bits per heavy atom. The molecule has 0 saturated carbocycles. The number of amides is 1. The first-order valence-corrected chi connectivity index (χ1v) is 8.80. The predicted molar refractivity (Wildman–Crippen MR) is 105 cm³/mol. The molecule has 0 spiro atoms. The van der Waals surface area contributed by atoms with Crippen LogP contribution in [0, 0.1) is 6.92 Å². The molecule has 0 bridgehead atoms. The molecule has 1 aliphatic carbocycles. The normalized spacial score (nSPS) is 12.9. The van der Waals surface area contributed by atoms with E-state index in [1.54, 1.807) is 42.1 Å². The number of ether oxygens (including phenoxy) is 1. The number of aromatic nitrogens is 3. The van der Waals surface area contributed by atoms with Crippen molar-refractivity contribution >= 4 is 17.6 Å². The number of rotatable bonds is 7. The van der Waals surface area contributed by atoms with Gasteiger partial charge in [-0.3, -0.25) is 9.48 Å². The fourth-order valence-corrected chi connectivity index (χ4v) is 2.72. The van der Waals surface area contributed by atoms with E-state index in [1.165, 1.54) is 13.1 Å². The maximum atomic E-state index is 13.6. The largest absolute Gasteiger partial charge is 0.471 e. The second kappa shape index (κ2) is 7.85. The molecular weight excluding hydrogens is 378 g/mol. The summed E-state index contributed by atoms with van der Waals surface area (Å²) >= 11 is 0. The molecule has 0 aromatic carbocycles. The molecule has 2 aromatic rings. The molecule has 0 atom stereocenters. The number of aryl methyl sites for hydroxylation is 1. The van der Waals surface area contributed by atoms with Gasteiger partial charge in [-0.25, -0.2) is 4.98 Å².